The van der Waals surface area contributed by atoms with E-state index in [1.54, 1.807) is 25.7 Å². The molecule has 150 valence electrons. The Morgan fingerprint density at radius 3 is 2.41 bits per heavy atom. The monoisotopic (exact) mass is 391 g/mol. The topological polar surface area (TPSA) is 79.5 Å². The highest BCUT2D eigenvalue weighted by Crippen LogP contribution is 2.36. The van der Waals surface area contributed by atoms with Crippen LogP contribution in [0.15, 0.2) is 46.9 Å². The van der Waals surface area contributed by atoms with Gasteiger partial charge >= 0.3 is 0 Å². The Labute approximate surface area is 170 Å². The summed E-state index contributed by atoms with van der Waals surface area (Å²) in [6, 6.07) is 13.5. The van der Waals surface area contributed by atoms with E-state index in [4.69, 9.17) is 4.42 Å². The van der Waals surface area contributed by atoms with Crippen LogP contribution in [0.25, 0.3) is 22.6 Å². The fourth-order valence-electron chi connectivity index (χ4n) is 4.18. The molecule has 6 heteroatoms. The van der Waals surface area contributed by atoms with E-state index in [0.717, 1.165) is 27.8 Å². The van der Waals surface area contributed by atoms with E-state index in [1.165, 1.54) is 0 Å². The minimum absolute atomic E-state index is 0.0267. The number of fused-ring (bicyclic) bond motifs is 1. The molecule has 2 heterocycles. The predicted molar refractivity (Wildman–Crippen MR) is 110 cm³/mol. The second-order valence-corrected chi connectivity index (χ2v) is 8.05. The summed E-state index contributed by atoms with van der Waals surface area (Å²) in [7, 11) is 0. The van der Waals surface area contributed by atoms with Crippen molar-refractivity contribution in [2.45, 2.75) is 52.3 Å². The maximum absolute atomic E-state index is 13.3. The smallest absolute Gasteiger partial charge is 0.255 e. The third-order valence-electron chi connectivity index (χ3n) is 5.51. The number of nitrogens with zero attached hydrogens (tertiary/aromatic N) is 3. The van der Waals surface area contributed by atoms with E-state index >= 15 is 0 Å². The van der Waals surface area contributed by atoms with Gasteiger partial charge in [0.1, 0.15) is 0 Å². The maximum atomic E-state index is 13.3. The van der Waals surface area contributed by atoms with Gasteiger partial charge in [-0.1, -0.05) is 37.3 Å². The number of carbonyl (C=O) groups is 1. The van der Waals surface area contributed by atoms with Crippen molar-refractivity contribution in [3.05, 3.63) is 59.5 Å². The number of hydrogen-bond acceptors (Lipinski definition) is 5. The summed E-state index contributed by atoms with van der Waals surface area (Å²) < 4.78 is 5.48. The first kappa shape index (κ1) is 19.3. The number of aryl methyl sites for hydroxylation is 1. The van der Waals surface area contributed by atoms with E-state index in [0.29, 0.717) is 24.7 Å². The molecule has 4 rings (SSSR count). The third kappa shape index (κ3) is 3.44. The van der Waals surface area contributed by atoms with Gasteiger partial charge in [0.2, 0.25) is 11.8 Å². The first-order valence-corrected chi connectivity index (χ1v) is 9.85. The molecule has 0 saturated carbocycles. The van der Waals surface area contributed by atoms with Crippen LogP contribution >= 0.6 is 0 Å². The molecule has 0 bridgehead atoms. The molecule has 1 aliphatic heterocycles. The lowest BCUT2D eigenvalue weighted by Gasteiger charge is -2.36. The Bertz CT molecular complexity index is 1050. The molecule has 6 nitrogen and oxygen atoms in total. The maximum Gasteiger partial charge on any atom is 0.255 e. The summed E-state index contributed by atoms with van der Waals surface area (Å²) in [6.07, 6.45) is 0.691. The highest BCUT2D eigenvalue weighted by atomic mass is 16.4. The second kappa shape index (κ2) is 7.12. The summed E-state index contributed by atoms with van der Waals surface area (Å²) >= 11 is 0. The molecule has 29 heavy (non-hydrogen) atoms. The van der Waals surface area contributed by atoms with Gasteiger partial charge in [-0.05, 0) is 49.1 Å². The molecule has 3 aromatic rings. The van der Waals surface area contributed by atoms with Crippen molar-refractivity contribution in [1.82, 2.24) is 15.1 Å². The highest BCUT2D eigenvalue weighted by molar-refractivity contribution is 6.04. The molecule has 0 saturated heterocycles. The van der Waals surface area contributed by atoms with Crippen molar-refractivity contribution >= 4 is 5.91 Å². The SMILES string of the molecule is CC[C@@H](N1Cc2cccc(-c3ccc(-c4nnc(C)o4)cc3)c2C1=O)C(C)(C)O. The minimum atomic E-state index is -0.962. The summed E-state index contributed by atoms with van der Waals surface area (Å²) in [4.78, 5) is 15.1. The molecule has 1 aliphatic rings. The van der Waals surface area contributed by atoms with Crippen LogP contribution in [0.2, 0.25) is 0 Å². The van der Waals surface area contributed by atoms with E-state index in [2.05, 4.69) is 10.2 Å². The fraction of sp³-hybridized carbons (Fsp3) is 0.348. The number of aromatic nitrogens is 2. The number of rotatable bonds is 5. The van der Waals surface area contributed by atoms with E-state index < -0.39 is 5.60 Å². The van der Waals surface area contributed by atoms with Crippen LogP contribution in [0.4, 0.5) is 0 Å². The summed E-state index contributed by atoms with van der Waals surface area (Å²) in [5, 5.41) is 18.5. The molecule has 1 aromatic heterocycles. The van der Waals surface area contributed by atoms with Gasteiger partial charge in [0.25, 0.3) is 5.91 Å². The van der Waals surface area contributed by atoms with Gasteiger partial charge in [-0.3, -0.25) is 4.79 Å². The van der Waals surface area contributed by atoms with Gasteiger partial charge in [-0.15, -0.1) is 10.2 Å². The van der Waals surface area contributed by atoms with Gasteiger partial charge in [0, 0.05) is 19.0 Å². The first-order valence-electron chi connectivity index (χ1n) is 9.85. The summed E-state index contributed by atoms with van der Waals surface area (Å²) in [5.74, 6) is 0.972. The molecule has 2 aromatic carbocycles. The zero-order valence-corrected chi connectivity index (χ0v) is 17.1. The first-order chi connectivity index (χ1) is 13.8. The van der Waals surface area contributed by atoms with Crippen LogP contribution < -0.4 is 0 Å². The zero-order valence-electron chi connectivity index (χ0n) is 17.1. The summed E-state index contributed by atoms with van der Waals surface area (Å²) in [5.41, 5.74) is 3.43. The Morgan fingerprint density at radius 1 is 1.14 bits per heavy atom. The fourth-order valence-corrected chi connectivity index (χ4v) is 4.18. The Kier molecular flexibility index (Phi) is 4.74. The van der Waals surface area contributed by atoms with Gasteiger partial charge < -0.3 is 14.4 Å². The van der Waals surface area contributed by atoms with E-state index in [1.807, 2.05) is 49.4 Å². The van der Waals surface area contributed by atoms with Gasteiger partial charge in [0.15, 0.2) is 0 Å². The number of carbonyl (C=O) groups excluding carboxylic acids is 1. The predicted octanol–water partition coefficient (Wildman–Crippen LogP) is 4.22. The van der Waals surface area contributed by atoms with Crippen LogP contribution in [-0.4, -0.2) is 37.8 Å². The van der Waals surface area contributed by atoms with Crippen molar-refractivity contribution in [3.8, 4) is 22.6 Å². The number of aliphatic hydroxyl groups is 1. The van der Waals surface area contributed by atoms with Crippen molar-refractivity contribution in [3.63, 3.8) is 0 Å². The molecule has 1 atom stereocenters. The summed E-state index contributed by atoms with van der Waals surface area (Å²) in [6.45, 7) is 7.79. The molecule has 0 spiro atoms. The molecule has 0 unspecified atom stereocenters. The zero-order chi connectivity index (χ0) is 20.8. The minimum Gasteiger partial charge on any atom is -0.421 e. The second-order valence-electron chi connectivity index (χ2n) is 8.05. The van der Waals surface area contributed by atoms with Gasteiger partial charge in [0.05, 0.1) is 17.2 Å². The van der Waals surface area contributed by atoms with Crippen molar-refractivity contribution < 1.29 is 14.3 Å². The van der Waals surface area contributed by atoms with Crippen LogP contribution in [0, 0.1) is 6.92 Å². The highest BCUT2D eigenvalue weighted by Gasteiger charge is 2.39. The average Bonchev–Trinajstić information content (AvgIpc) is 3.25. The van der Waals surface area contributed by atoms with Crippen LogP contribution in [0.3, 0.4) is 0 Å². The van der Waals surface area contributed by atoms with Gasteiger partial charge in [-0.2, -0.15) is 0 Å². The van der Waals surface area contributed by atoms with Crippen molar-refractivity contribution in [2.24, 2.45) is 0 Å². The molecular formula is C23H25N3O3. The lowest BCUT2D eigenvalue weighted by atomic mass is 9.94. The third-order valence-corrected chi connectivity index (χ3v) is 5.51. The molecule has 0 fully saturated rings. The quantitative estimate of drug-likeness (QED) is 0.704. The van der Waals surface area contributed by atoms with E-state index in [9.17, 15) is 9.90 Å². The lowest BCUT2D eigenvalue weighted by molar-refractivity contribution is -0.0150. The molecule has 1 amide bonds. The largest absolute Gasteiger partial charge is 0.421 e. The average molecular weight is 391 g/mol. The van der Waals surface area contributed by atoms with Crippen molar-refractivity contribution in [2.75, 3.05) is 0 Å². The van der Waals surface area contributed by atoms with Crippen LogP contribution in [0.1, 0.15) is 49.0 Å². The van der Waals surface area contributed by atoms with Crippen LogP contribution in [-0.2, 0) is 6.54 Å². The van der Waals surface area contributed by atoms with E-state index in [-0.39, 0.29) is 11.9 Å². The molecular weight excluding hydrogens is 366 g/mol. The Balaban J connectivity index is 1.69. The molecule has 0 aliphatic carbocycles. The normalized spacial score (nSPS) is 14.9. The number of amides is 1. The Morgan fingerprint density at radius 2 is 1.83 bits per heavy atom. The van der Waals surface area contributed by atoms with Crippen molar-refractivity contribution in [1.29, 1.82) is 0 Å². The van der Waals surface area contributed by atoms with Gasteiger partial charge in [-0.25, -0.2) is 0 Å². The lowest BCUT2D eigenvalue weighted by Crippen LogP contribution is -2.49. The number of hydrogen-bond donors (Lipinski definition) is 1. The Hall–Kier alpha value is -2.99. The molecule has 1 N–H and O–H groups in total. The molecule has 0 radical (unpaired) electrons. The standard InChI is InChI=1S/C23H25N3O3/c1-5-19(23(3,4)28)26-13-17-7-6-8-18(20(17)22(26)27)15-9-11-16(12-10-15)21-25-24-14(2)29-21/h6-12,19,28H,5,13H2,1-4H3/t19-/m1/s1. The number of benzene rings is 2. The van der Waals surface area contributed by atoms with Crippen LogP contribution in [0.5, 0.6) is 0 Å².